The van der Waals surface area contributed by atoms with E-state index in [1.807, 2.05) is 30.3 Å². The molecule has 9 nitrogen and oxygen atoms in total. The zero-order valence-corrected chi connectivity index (χ0v) is 20.8. The van der Waals surface area contributed by atoms with Gasteiger partial charge in [0.25, 0.3) is 0 Å². The van der Waals surface area contributed by atoms with Crippen molar-refractivity contribution in [3.8, 4) is 35.5 Å². The number of hydrogen-bond donors (Lipinski definition) is 1. The Morgan fingerprint density at radius 2 is 1.62 bits per heavy atom. The molecule has 5 atom stereocenters. The molecule has 188 valence electrons. The highest BCUT2D eigenvalue weighted by Crippen LogP contribution is 2.71. The zero-order chi connectivity index (χ0) is 26.4. The Balaban J connectivity index is 1.72. The van der Waals surface area contributed by atoms with E-state index in [0.29, 0.717) is 30.6 Å². The summed E-state index contributed by atoms with van der Waals surface area (Å²) < 4.78 is 29.3. The molecule has 2 aromatic carbocycles. The van der Waals surface area contributed by atoms with Gasteiger partial charge in [-0.3, -0.25) is 5.41 Å². The van der Waals surface area contributed by atoms with Crippen LogP contribution in [-0.4, -0.2) is 33.0 Å². The molecule has 2 aliphatic heterocycles. The van der Waals surface area contributed by atoms with Crippen molar-refractivity contribution in [2.45, 2.75) is 37.1 Å². The number of ether oxygens (including phenoxy) is 5. The summed E-state index contributed by atoms with van der Waals surface area (Å²) in [6, 6.07) is 19.6. The van der Waals surface area contributed by atoms with Crippen LogP contribution in [0.5, 0.6) is 17.2 Å². The van der Waals surface area contributed by atoms with Gasteiger partial charge < -0.3 is 23.7 Å². The maximum absolute atomic E-state index is 10.7. The largest absolute Gasteiger partial charge is 0.493 e. The van der Waals surface area contributed by atoms with Gasteiger partial charge >= 0.3 is 0 Å². The molecule has 0 aromatic heterocycles. The third-order valence-electron chi connectivity index (χ3n) is 8.20. The third kappa shape index (κ3) is 3.00. The van der Waals surface area contributed by atoms with Crippen molar-refractivity contribution in [2.75, 3.05) is 21.3 Å². The number of benzene rings is 2. The minimum absolute atomic E-state index is 0.0624. The lowest BCUT2D eigenvalue weighted by Gasteiger charge is -2.53. The molecule has 5 unspecified atom stereocenters. The highest BCUT2D eigenvalue weighted by molar-refractivity contribution is 5.89. The van der Waals surface area contributed by atoms with Crippen LogP contribution in [0.3, 0.4) is 0 Å². The van der Waals surface area contributed by atoms with Crippen LogP contribution in [0.2, 0.25) is 0 Å². The van der Waals surface area contributed by atoms with Crippen molar-refractivity contribution < 1.29 is 23.7 Å². The first kappa shape index (κ1) is 24.4. The van der Waals surface area contributed by atoms with E-state index in [1.165, 1.54) is 21.3 Å². The molecule has 5 rings (SSSR count). The number of nitriles is 3. The predicted octanol–water partition coefficient (Wildman–Crippen LogP) is 4.61. The second-order valence-corrected chi connectivity index (χ2v) is 9.55. The Bertz CT molecular complexity index is 1360. The molecule has 2 bridgehead atoms. The van der Waals surface area contributed by atoms with Crippen molar-refractivity contribution in [2.24, 2.45) is 16.7 Å². The lowest BCUT2D eigenvalue weighted by molar-refractivity contribution is -0.296. The average molecular weight is 499 g/mol. The number of rotatable bonds is 5. The molecule has 2 heterocycles. The van der Waals surface area contributed by atoms with Crippen LogP contribution < -0.4 is 14.2 Å². The summed E-state index contributed by atoms with van der Waals surface area (Å²) >= 11 is 0. The van der Waals surface area contributed by atoms with Gasteiger partial charge in [0.1, 0.15) is 6.10 Å². The number of nitrogens with zero attached hydrogens (tertiary/aromatic N) is 3. The average Bonchev–Trinajstić information content (AvgIpc) is 3.15. The van der Waals surface area contributed by atoms with E-state index < -0.39 is 34.5 Å². The molecule has 3 fully saturated rings. The second kappa shape index (κ2) is 8.69. The van der Waals surface area contributed by atoms with Gasteiger partial charge in [-0.25, -0.2) is 0 Å². The minimum Gasteiger partial charge on any atom is -0.493 e. The smallest absolute Gasteiger partial charge is 0.217 e. The maximum atomic E-state index is 10.7. The summed E-state index contributed by atoms with van der Waals surface area (Å²) in [6.07, 6.45) is 0.254. The van der Waals surface area contributed by atoms with E-state index >= 15 is 0 Å². The molecule has 3 aliphatic rings. The molecule has 0 radical (unpaired) electrons. The van der Waals surface area contributed by atoms with Crippen molar-refractivity contribution in [3.05, 3.63) is 53.6 Å². The Kier molecular flexibility index (Phi) is 5.74. The van der Waals surface area contributed by atoms with Gasteiger partial charge in [0, 0.05) is 12.0 Å². The van der Waals surface area contributed by atoms with Crippen molar-refractivity contribution >= 4 is 5.90 Å². The van der Waals surface area contributed by atoms with Gasteiger partial charge in [0.2, 0.25) is 22.8 Å². The first-order chi connectivity index (χ1) is 17.9. The number of methoxy groups -OCH3 is 3. The Morgan fingerprint density at radius 3 is 2.22 bits per heavy atom. The fraction of sp³-hybridized carbons (Fsp3) is 0.429. The van der Waals surface area contributed by atoms with E-state index in [4.69, 9.17) is 29.1 Å². The van der Waals surface area contributed by atoms with Gasteiger partial charge in [-0.1, -0.05) is 30.3 Å². The normalized spacial score (nSPS) is 31.0. The molecule has 2 saturated heterocycles. The standard InChI is InChI=1S/C28H26N4O5/c1-33-20-10-9-19(22(34-2)23(20)35-3)24-26(14-29,15-30)27(16-31)21-13-18(17-7-5-4-6-8-17)11-12-28(21,36-24)37-25(27)32/h4-10,18,21,24,32H,11-13H2,1-3H3. The first-order valence-electron chi connectivity index (χ1n) is 11.9. The predicted molar refractivity (Wildman–Crippen MR) is 130 cm³/mol. The van der Waals surface area contributed by atoms with E-state index in [2.05, 4.69) is 18.2 Å². The first-order valence-corrected chi connectivity index (χ1v) is 11.9. The highest BCUT2D eigenvalue weighted by Gasteiger charge is 2.81. The van der Waals surface area contributed by atoms with E-state index in [-0.39, 0.29) is 17.4 Å². The van der Waals surface area contributed by atoms with E-state index in [9.17, 15) is 15.8 Å². The summed E-state index contributed by atoms with van der Waals surface area (Å²) in [7, 11) is 4.37. The fourth-order valence-electron chi connectivity index (χ4n) is 6.48. The topological polar surface area (TPSA) is 141 Å². The summed E-state index contributed by atoms with van der Waals surface area (Å²) in [6.45, 7) is 0. The highest BCUT2D eigenvalue weighted by atomic mass is 16.7. The van der Waals surface area contributed by atoms with Gasteiger partial charge in [0.15, 0.2) is 16.9 Å². The maximum Gasteiger partial charge on any atom is 0.217 e. The monoisotopic (exact) mass is 498 g/mol. The van der Waals surface area contributed by atoms with Crippen LogP contribution in [0.15, 0.2) is 42.5 Å². The quantitative estimate of drug-likeness (QED) is 0.630. The second-order valence-electron chi connectivity index (χ2n) is 9.55. The summed E-state index contributed by atoms with van der Waals surface area (Å²) in [5, 5.41) is 40.8. The Labute approximate surface area is 215 Å². The van der Waals surface area contributed by atoms with Gasteiger partial charge in [-0.2, -0.15) is 15.8 Å². The Hall–Kier alpha value is -4.26. The van der Waals surface area contributed by atoms with E-state index in [0.717, 1.165) is 5.56 Å². The van der Waals surface area contributed by atoms with E-state index in [1.54, 1.807) is 12.1 Å². The molecular formula is C28H26N4O5. The molecule has 0 spiro atoms. The van der Waals surface area contributed by atoms with Crippen LogP contribution in [0, 0.1) is 56.2 Å². The lowest BCUT2D eigenvalue weighted by Crippen LogP contribution is -2.60. The lowest BCUT2D eigenvalue weighted by atomic mass is 9.50. The molecule has 37 heavy (non-hydrogen) atoms. The van der Waals surface area contributed by atoms with Gasteiger partial charge in [0.05, 0.1) is 45.5 Å². The van der Waals surface area contributed by atoms with Gasteiger partial charge in [-0.05, 0) is 36.5 Å². The molecular weight excluding hydrogens is 472 g/mol. The number of hydrogen-bond acceptors (Lipinski definition) is 9. The zero-order valence-electron chi connectivity index (χ0n) is 20.8. The van der Waals surface area contributed by atoms with Crippen LogP contribution in [0.25, 0.3) is 0 Å². The SMILES string of the molecule is COc1ccc(C2OC34CCC(c5ccccc5)CC3C(C#N)(C(=N)O4)C2(C#N)C#N)c(OC)c1OC. The fourth-order valence-corrected chi connectivity index (χ4v) is 6.48. The Morgan fingerprint density at radius 1 is 0.919 bits per heavy atom. The molecule has 1 saturated carbocycles. The van der Waals surface area contributed by atoms with Crippen molar-refractivity contribution in [1.82, 2.24) is 0 Å². The molecule has 2 aromatic rings. The van der Waals surface area contributed by atoms with Crippen LogP contribution >= 0.6 is 0 Å². The molecule has 1 N–H and O–H groups in total. The van der Waals surface area contributed by atoms with Crippen LogP contribution in [0.1, 0.15) is 42.4 Å². The molecule has 9 heteroatoms. The van der Waals surface area contributed by atoms with Crippen LogP contribution in [0.4, 0.5) is 0 Å². The molecule has 1 aliphatic carbocycles. The third-order valence-corrected chi connectivity index (χ3v) is 8.20. The number of nitrogens with one attached hydrogen (secondary N) is 1. The van der Waals surface area contributed by atoms with Gasteiger partial charge in [-0.15, -0.1) is 0 Å². The minimum atomic E-state index is -2.10. The van der Waals surface area contributed by atoms with Crippen molar-refractivity contribution in [3.63, 3.8) is 0 Å². The van der Waals surface area contributed by atoms with Crippen molar-refractivity contribution in [1.29, 1.82) is 21.2 Å². The summed E-state index contributed by atoms with van der Waals surface area (Å²) in [5.74, 6) is -1.51. The summed E-state index contributed by atoms with van der Waals surface area (Å²) in [5.41, 5.74) is -2.52. The molecule has 0 amide bonds. The van der Waals surface area contributed by atoms with Crippen LogP contribution in [-0.2, 0) is 9.47 Å². The summed E-state index contributed by atoms with van der Waals surface area (Å²) in [4.78, 5) is 0.